The summed E-state index contributed by atoms with van der Waals surface area (Å²) >= 11 is 0. The van der Waals surface area contributed by atoms with E-state index in [2.05, 4.69) is 18.7 Å². The fraction of sp³-hybridized carbons (Fsp3) is 0.647. The van der Waals surface area contributed by atoms with Crippen LogP contribution in [0.2, 0.25) is 0 Å². The minimum atomic E-state index is -3.17. The second-order valence-electron chi connectivity index (χ2n) is 6.40. The van der Waals surface area contributed by atoms with Crippen molar-refractivity contribution in [2.45, 2.75) is 37.7 Å². The molecule has 0 aromatic heterocycles. The van der Waals surface area contributed by atoms with Crippen LogP contribution in [0.4, 0.5) is 0 Å². The molecule has 1 aromatic carbocycles. The summed E-state index contributed by atoms with van der Waals surface area (Å²) in [6.45, 7) is 7.58. The van der Waals surface area contributed by atoms with Crippen LogP contribution in [0.1, 0.15) is 26.7 Å². The Balaban J connectivity index is 1.75. The quantitative estimate of drug-likeness (QED) is 0.773. The zero-order valence-electron chi connectivity index (χ0n) is 13.6. The fourth-order valence-corrected chi connectivity index (χ4v) is 3.93. The standard InChI is InChI=1S/C17H27NO3S/c1-15(2)14-21-16-8-10-18(11-9-16)12-13-22(19,20)17-6-4-3-5-7-17/h3-7,15-16H,8-14H2,1-2H3. The maximum Gasteiger partial charge on any atom is 0.179 e. The highest BCUT2D eigenvalue weighted by Gasteiger charge is 2.22. The molecule has 1 aliphatic rings. The molecule has 0 saturated carbocycles. The van der Waals surface area contributed by atoms with Gasteiger partial charge >= 0.3 is 0 Å². The minimum Gasteiger partial charge on any atom is -0.378 e. The van der Waals surface area contributed by atoms with E-state index < -0.39 is 9.84 Å². The number of piperidine rings is 1. The summed E-state index contributed by atoms with van der Waals surface area (Å²) in [6, 6.07) is 8.71. The molecule has 1 saturated heterocycles. The van der Waals surface area contributed by atoms with Gasteiger partial charge in [0, 0.05) is 26.2 Å². The number of hydrogen-bond donors (Lipinski definition) is 0. The zero-order chi connectivity index (χ0) is 16.0. The largest absolute Gasteiger partial charge is 0.378 e. The first-order valence-electron chi connectivity index (χ1n) is 8.09. The fourth-order valence-electron chi connectivity index (χ4n) is 2.62. The van der Waals surface area contributed by atoms with Crippen molar-refractivity contribution in [2.24, 2.45) is 5.92 Å². The lowest BCUT2D eigenvalue weighted by atomic mass is 10.1. The molecule has 0 N–H and O–H groups in total. The van der Waals surface area contributed by atoms with Crippen LogP contribution < -0.4 is 0 Å². The van der Waals surface area contributed by atoms with Gasteiger partial charge in [-0.05, 0) is 30.9 Å². The number of benzene rings is 1. The number of likely N-dealkylation sites (tertiary alicyclic amines) is 1. The normalized spacial score (nSPS) is 18.0. The molecule has 22 heavy (non-hydrogen) atoms. The van der Waals surface area contributed by atoms with Crippen LogP contribution in [0, 0.1) is 5.92 Å². The topological polar surface area (TPSA) is 46.6 Å². The van der Waals surface area contributed by atoms with Gasteiger partial charge in [-0.1, -0.05) is 32.0 Å². The molecule has 1 aliphatic heterocycles. The predicted molar refractivity (Wildman–Crippen MR) is 88.7 cm³/mol. The first kappa shape index (κ1) is 17.4. The second-order valence-corrected chi connectivity index (χ2v) is 8.51. The highest BCUT2D eigenvalue weighted by atomic mass is 32.2. The summed E-state index contributed by atoms with van der Waals surface area (Å²) in [5.41, 5.74) is 0. The lowest BCUT2D eigenvalue weighted by molar-refractivity contribution is -0.00335. The third kappa shape index (κ3) is 5.38. The Kier molecular flexibility index (Phi) is 6.41. The molecule has 1 aromatic rings. The Bertz CT molecular complexity index is 534. The van der Waals surface area contributed by atoms with Crippen LogP contribution >= 0.6 is 0 Å². The molecular weight excluding hydrogens is 298 g/mol. The third-order valence-electron chi connectivity index (χ3n) is 3.98. The van der Waals surface area contributed by atoms with Crippen molar-refractivity contribution in [1.29, 1.82) is 0 Å². The lowest BCUT2D eigenvalue weighted by Crippen LogP contribution is -2.39. The molecule has 0 amide bonds. The van der Waals surface area contributed by atoms with Gasteiger partial charge in [0.2, 0.25) is 0 Å². The predicted octanol–water partition coefficient (Wildman–Crippen LogP) is 2.60. The van der Waals surface area contributed by atoms with Crippen molar-refractivity contribution < 1.29 is 13.2 Å². The molecular formula is C17H27NO3S. The van der Waals surface area contributed by atoms with E-state index in [1.165, 1.54) is 0 Å². The molecule has 0 unspecified atom stereocenters. The van der Waals surface area contributed by atoms with Gasteiger partial charge in [0.05, 0.1) is 16.8 Å². The SMILES string of the molecule is CC(C)COC1CCN(CCS(=O)(=O)c2ccccc2)CC1. The van der Waals surface area contributed by atoms with Crippen molar-refractivity contribution in [3.8, 4) is 0 Å². The monoisotopic (exact) mass is 325 g/mol. The van der Waals surface area contributed by atoms with Gasteiger partial charge in [0.15, 0.2) is 9.84 Å². The van der Waals surface area contributed by atoms with Crippen molar-refractivity contribution in [2.75, 3.05) is 32.0 Å². The molecule has 1 fully saturated rings. The summed E-state index contributed by atoms with van der Waals surface area (Å²) < 4.78 is 30.4. The van der Waals surface area contributed by atoms with E-state index in [0.717, 1.165) is 32.5 Å². The summed E-state index contributed by atoms with van der Waals surface area (Å²) in [7, 11) is -3.17. The first-order valence-corrected chi connectivity index (χ1v) is 9.74. The van der Waals surface area contributed by atoms with Crippen LogP contribution in [-0.4, -0.2) is 51.4 Å². The van der Waals surface area contributed by atoms with Crippen molar-refractivity contribution in [1.82, 2.24) is 4.90 Å². The zero-order valence-corrected chi connectivity index (χ0v) is 14.4. The van der Waals surface area contributed by atoms with Crippen molar-refractivity contribution in [3.05, 3.63) is 30.3 Å². The van der Waals surface area contributed by atoms with Crippen LogP contribution in [0.25, 0.3) is 0 Å². The Morgan fingerprint density at radius 2 is 1.82 bits per heavy atom. The highest BCUT2D eigenvalue weighted by molar-refractivity contribution is 7.91. The van der Waals surface area contributed by atoms with Gasteiger partial charge < -0.3 is 9.64 Å². The summed E-state index contributed by atoms with van der Waals surface area (Å²) in [5, 5.41) is 0. The molecule has 0 atom stereocenters. The van der Waals surface area contributed by atoms with Crippen LogP contribution in [0.15, 0.2) is 35.2 Å². The summed E-state index contributed by atoms with van der Waals surface area (Å²) in [5.74, 6) is 0.753. The van der Waals surface area contributed by atoms with Crippen LogP contribution in [-0.2, 0) is 14.6 Å². The van der Waals surface area contributed by atoms with Crippen molar-refractivity contribution in [3.63, 3.8) is 0 Å². The van der Waals surface area contributed by atoms with Gasteiger partial charge in [0.25, 0.3) is 0 Å². The Hall–Kier alpha value is -0.910. The Labute approximate surface area is 134 Å². The number of nitrogens with zero attached hydrogens (tertiary/aromatic N) is 1. The maximum atomic E-state index is 12.3. The third-order valence-corrected chi connectivity index (χ3v) is 5.69. The van der Waals surface area contributed by atoms with Gasteiger partial charge in [0.1, 0.15) is 0 Å². The van der Waals surface area contributed by atoms with E-state index in [1.807, 2.05) is 6.07 Å². The molecule has 0 aliphatic carbocycles. The molecule has 1 heterocycles. The molecule has 124 valence electrons. The van der Waals surface area contributed by atoms with Crippen LogP contribution in [0.5, 0.6) is 0 Å². The highest BCUT2D eigenvalue weighted by Crippen LogP contribution is 2.16. The average Bonchev–Trinajstić information content (AvgIpc) is 2.53. The molecule has 0 spiro atoms. The van der Waals surface area contributed by atoms with E-state index in [4.69, 9.17) is 4.74 Å². The lowest BCUT2D eigenvalue weighted by Gasteiger charge is -2.32. The maximum absolute atomic E-state index is 12.3. The van der Waals surface area contributed by atoms with E-state index >= 15 is 0 Å². The van der Waals surface area contributed by atoms with Gasteiger partial charge in [-0.3, -0.25) is 0 Å². The summed E-state index contributed by atoms with van der Waals surface area (Å²) in [4.78, 5) is 2.65. The Morgan fingerprint density at radius 3 is 2.41 bits per heavy atom. The number of hydrogen-bond acceptors (Lipinski definition) is 4. The van der Waals surface area contributed by atoms with E-state index in [9.17, 15) is 8.42 Å². The number of sulfone groups is 1. The van der Waals surface area contributed by atoms with E-state index in [-0.39, 0.29) is 5.75 Å². The second kappa shape index (κ2) is 8.09. The van der Waals surface area contributed by atoms with Crippen molar-refractivity contribution >= 4 is 9.84 Å². The van der Waals surface area contributed by atoms with Crippen LogP contribution in [0.3, 0.4) is 0 Å². The molecule has 4 nitrogen and oxygen atoms in total. The average molecular weight is 325 g/mol. The van der Waals surface area contributed by atoms with Gasteiger partial charge in [-0.15, -0.1) is 0 Å². The summed E-state index contributed by atoms with van der Waals surface area (Å²) in [6.07, 6.45) is 2.33. The van der Waals surface area contributed by atoms with E-state index in [1.54, 1.807) is 24.3 Å². The molecule has 5 heteroatoms. The Morgan fingerprint density at radius 1 is 1.18 bits per heavy atom. The smallest absolute Gasteiger partial charge is 0.179 e. The number of rotatable bonds is 7. The number of ether oxygens (including phenoxy) is 1. The van der Waals surface area contributed by atoms with E-state index in [0.29, 0.717) is 23.5 Å². The molecule has 0 bridgehead atoms. The molecule has 2 rings (SSSR count). The molecule has 0 radical (unpaired) electrons. The van der Waals surface area contributed by atoms with Gasteiger partial charge in [-0.25, -0.2) is 8.42 Å². The minimum absolute atomic E-state index is 0.189. The van der Waals surface area contributed by atoms with Gasteiger partial charge in [-0.2, -0.15) is 0 Å². The first-order chi connectivity index (χ1) is 10.5.